The number of ether oxygens (including phenoxy) is 3. The number of hydrogen-bond acceptors (Lipinski definition) is 5. The van der Waals surface area contributed by atoms with Gasteiger partial charge >= 0.3 is 0 Å². The molecule has 2 amide bonds. The fourth-order valence-electron chi connectivity index (χ4n) is 2.19. The lowest BCUT2D eigenvalue weighted by Crippen LogP contribution is -2.41. The highest BCUT2D eigenvalue weighted by atomic mass is 16.5. The number of methoxy groups -OCH3 is 2. The first-order valence-corrected chi connectivity index (χ1v) is 8.04. The lowest BCUT2D eigenvalue weighted by atomic mass is 10.2. The van der Waals surface area contributed by atoms with E-state index in [4.69, 9.17) is 14.2 Å². The molecule has 0 aromatic heterocycles. The molecule has 0 aliphatic carbocycles. The van der Waals surface area contributed by atoms with Crippen molar-refractivity contribution in [2.45, 2.75) is 20.0 Å². The highest BCUT2D eigenvalue weighted by molar-refractivity contribution is 5.99. The summed E-state index contributed by atoms with van der Waals surface area (Å²) >= 11 is 0. The van der Waals surface area contributed by atoms with Gasteiger partial charge in [-0.25, -0.2) is 0 Å². The number of hydrazine groups is 1. The van der Waals surface area contributed by atoms with Gasteiger partial charge in [-0.1, -0.05) is 0 Å². The molecule has 26 heavy (non-hydrogen) atoms. The summed E-state index contributed by atoms with van der Waals surface area (Å²) in [7, 11) is 2.99. The smallest absolute Gasteiger partial charge is 0.269 e. The van der Waals surface area contributed by atoms with Crippen molar-refractivity contribution >= 4 is 11.8 Å². The Morgan fingerprint density at radius 2 is 1.35 bits per heavy atom. The average molecular weight is 358 g/mol. The summed E-state index contributed by atoms with van der Waals surface area (Å²) in [5.74, 6) is 0.698. The van der Waals surface area contributed by atoms with E-state index in [0.717, 1.165) is 0 Å². The van der Waals surface area contributed by atoms with Gasteiger partial charge in [0, 0.05) is 11.1 Å². The minimum absolute atomic E-state index is 0.0513. The summed E-state index contributed by atoms with van der Waals surface area (Å²) in [6.07, 6.45) is 0.0513. The van der Waals surface area contributed by atoms with E-state index in [9.17, 15) is 9.59 Å². The SMILES string of the molecule is COc1ccc(C(=O)NNC(=O)c2ccc(OC(C)C)cc2)cc1OC. The Kier molecular flexibility index (Phi) is 6.43. The first-order chi connectivity index (χ1) is 12.4. The molecule has 0 aliphatic heterocycles. The standard InChI is InChI=1S/C19H22N2O5/c1-12(2)26-15-8-5-13(6-9-15)18(22)20-21-19(23)14-7-10-16(24-3)17(11-14)25-4/h5-12H,1-4H3,(H,20,22)(H,21,23). The lowest BCUT2D eigenvalue weighted by Gasteiger charge is -2.11. The number of benzene rings is 2. The second kappa shape index (κ2) is 8.75. The molecule has 0 atom stereocenters. The molecule has 0 radical (unpaired) electrons. The van der Waals surface area contributed by atoms with Gasteiger partial charge in [0.25, 0.3) is 11.8 Å². The Bertz CT molecular complexity index is 772. The molecule has 0 heterocycles. The quantitative estimate of drug-likeness (QED) is 0.775. The zero-order valence-corrected chi connectivity index (χ0v) is 15.2. The summed E-state index contributed by atoms with van der Waals surface area (Å²) in [6.45, 7) is 3.84. The highest BCUT2D eigenvalue weighted by Crippen LogP contribution is 2.27. The third kappa shape index (κ3) is 4.89. The number of carbonyl (C=O) groups is 2. The molecule has 2 aromatic rings. The summed E-state index contributed by atoms with van der Waals surface area (Å²) in [4.78, 5) is 24.3. The molecular weight excluding hydrogens is 336 g/mol. The molecule has 0 spiro atoms. The molecule has 2 aromatic carbocycles. The Morgan fingerprint density at radius 1 is 0.808 bits per heavy atom. The molecule has 2 rings (SSSR count). The van der Waals surface area contributed by atoms with Gasteiger partial charge in [-0.3, -0.25) is 20.4 Å². The van der Waals surface area contributed by atoms with Crippen LogP contribution in [0, 0.1) is 0 Å². The first-order valence-electron chi connectivity index (χ1n) is 8.04. The third-order valence-corrected chi connectivity index (χ3v) is 3.42. The molecule has 0 bridgehead atoms. The molecule has 0 fully saturated rings. The molecule has 7 nitrogen and oxygen atoms in total. The predicted molar refractivity (Wildman–Crippen MR) is 96.7 cm³/mol. The van der Waals surface area contributed by atoms with Crippen molar-refractivity contribution < 1.29 is 23.8 Å². The van der Waals surface area contributed by atoms with E-state index >= 15 is 0 Å². The summed E-state index contributed by atoms with van der Waals surface area (Å²) in [5, 5.41) is 0. The van der Waals surface area contributed by atoms with Crippen LogP contribution in [-0.2, 0) is 0 Å². The van der Waals surface area contributed by atoms with Crippen LogP contribution < -0.4 is 25.1 Å². The monoisotopic (exact) mass is 358 g/mol. The van der Waals surface area contributed by atoms with E-state index in [1.54, 1.807) is 36.4 Å². The van der Waals surface area contributed by atoms with Crippen molar-refractivity contribution in [3.63, 3.8) is 0 Å². The van der Waals surface area contributed by atoms with Gasteiger partial charge in [0.2, 0.25) is 0 Å². The zero-order valence-electron chi connectivity index (χ0n) is 15.2. The largest absolute Gasteiger partial charge is 0.493 e. The van der Waals surface area contributed by atoms with Gasteiger partial charge in [-0.2, -0.15) is 0 Å². The van der Waals surface area contributed by atoms with Crippen LogP contribution in [0.15, 0.2) is 42.5 Å². The topological polar surface area (TPSA) is 85.9 Å². The molecule has 0 unspecified atom stereocenters. The molecule has 0 saturated carbocycles. The molecule has 0 aliphatic rings. The van der Waals surface area contributed by atoms with Crippen LogP contribution in [0.25, 0.3) is 0 Å². The van der Waals surface area contributed by atoms with Gasteiger partial charge in [0.1, 0.15) is 5.75 Å². The molecule has 2 N–H and O–H groups in total. The Morgan fingerprint density at radius 3 is 1.88 bits per heavy atom. The van der Waals surface area contributed by atoms with Crippen LogP contribution in [0.5, 0.6) is 17.2 Å². The highest BCUT2D eigenvalue weighted by Gasteiger charge is 2.12. The van der Waals surface area contributed by atoms with Crippen LogP contribution in [0.4, 0.5) is 0 Å². The third-order valence-electron chi connectivity index (χ3n) is 3.42. The van der Waals surface area contributed by atoms with E-state index in [-0.39, 0.29) is 6.10 Å². The van der Waals surface area contributed by atoms with E-state index in [1.807, 2.05) is 13.8 Å². The van der Waals surface area contributed by atoms with Gasteiger partial charge in [-0.15, -0.1) is 0 Å². The molecular formula is C19H22N2O5. The number of carbonyl (C=O) groups excluding carboxylic acids is 2. The molecule has 138 valence electrons. The van der Waals surface area contributed by atoms with Gasteiger partial charge in [0.05, 0.1) is 20.3 Å². The van der Waals surface area contributed by atoms with E-state index < -0.39 is 11.8 Å². The maximum Gasteiger partial charge on any atom is 0.269 e. The van der Waals surface area contributed by atoms with Gasteiger partial charge in [0.15, 0.2) is 11.5 Å². The van der Waals surface area contributed by atoms with Gasteiger partial charge < -0.3 is 14.2 Å². The van der Waals surface area contributed by atoms with Crippen LogP contribution in [0.1, 0.15) is 34.6 Å². The summed E-state index contributed by atoms with van der Waals surface area (Å²) in [6, 6.07) is 11.4. The fourth-order valence-corrected chi connectivity index (χ4v) is 2.19. The average Bonchev–Trinajstić information content (AvgIpc) is 2.65. The normalized spacial score (nSPS) is 10.2. The molecule has 0 saturated heterocycles. The van der Waals surface area contributed by atoms with Crippen LogP contribution in [0.3, 0.4) is 0 Å². The van der Waals surface area contributed by atoms with Crippen LogP contribution in [-0.4, -0.2) is 32.1 Å². The summed E-state index contributed by atoms with van der Waals surface area (Å²) in [5.41, 5.74) is 5.46. The van der Waals surface area contributed by atoms with Crippen LogP contribution in [0.2, 0.25) is 0 Å². The van der Waals surface area contributed by atoms with E-state index in [1.165, 1.54) is 20.3 Å². The predicted octanol–water partition coefficient (Wildman–Crippen LogP) is 2.57. The second-order valence-electron chi connectivity index (χ2n) is 5.67. The minimum atomic E-state index is -0.473. The number of hydrogen-bond donors (Lipinski definition) is 2. The minimum Gasteiger partial charge on any atom is -0.493 e. The van der Waals surface area contributed by atoms with Crippen molar-refractivity contribution in [3.8, 4) is 17.2 Å². The number of amides is 2. The number of rotatable bonds is 6. The fraction of sp³-hybridized carbons (Fsp3) is 0.263. The van der Waals surface area contributed by atoms with Crippen molar-refractivity contribution in [1.82, 2.24) is 10.9 Å². The number of nitrogens with one attached hydrogen (secondary N) is 2. The van der Waals surface area contributed by atoms with Crippen LogP contribution >= 0.6 is 0 Å². The van der Waals surface area contributed by atoms with Gasteiger partial charge in [-0.05, 0) is 56.3 Å². The Hall–Kier alpha value is -3.22. The molecule has 7 heteroatoms. The van der Waals surface area contributed by atoms with E-state index in [0.29, 0.717) is 28.4 Å². The first kappa shape index (κ1) is 19.1. The lowest BCUT2D eigenvalue weighted by molar-refractivity contribution is 0.0846. The zero-order chi connectivity index (χ0) is 19.1. The van der Waals surface area contributed by atoms with Crippen molar-refractivity contribution in [3.05, 3.63) is 53.6 Å². The maximum atomic E-state index is 12.2. The Labute approximate surface area is 152 Å². The van der Waals surface area contributed by atoms with Crippen molar-refractivity contribution in [2.24, 2.45) is 0 Å². The summed E-state index contributed by atoms with van der Waals surface area (Å²) < 4.78 is 15.8. The Balaban J connectivity index is 1.97. The maximum absolute atomic E-state index is 12.2. The second-order valence-corrected chi connectivity index (χ2v) is 5.67. The van der Waals surface area contributed by atoms with E-state index in [2.05, 4.69) is 10.9 Å². The van der Waals surface area contributed by atoms with Crippen molar-refractivity contribution in [1.29, 1.82) is 0 Å². The van der Waals surface area contributed by atoms with Crippen molar-refractivity contribution in [2.75, 3.05) is 14.2 Å².